The summed E-state index contributed by atoms with van der Waals surface area (Å²) < 4.78 is 7.55. The Kier molecular flexibility index (Phi) is 3.69. The number of ether oxygens (including phenoxy) is 1. The summed E-state index contributed by atoms with van der Waals surface area (Å²) in [5.41, 5.74) is 2.17. The molecule has 0 unspecified atom stereocenters. The molecule has 1 aromatic carbocycles. The highest BCUT2D eigenvalue weighted by molar-refractivity contribution is 6.32. The number of nitrogens with zero attached hydrogens (tertiary/aromatic N) is 2. The molecule has 0 aliphatic carbocycles. The van der Waals surface area contributed by atoms with Crippen LogP contribution in [-0.4, -0.2) is 16.4 Å². The van der Waals surface area contributed by atoms with E-state index < -0.39 is 0 Å². The molecule has 0 amide bonds. The molecule has 0 saturated heterocycles. The van der Waals surface area contributed by atoms with E-state index >= 15 is 0 Å². The molecule has 17 heavy (non-hydrogen) atoms. The predicted octanol–water partition coefficient (Wildman–Crippen LogP) is 3.23. The number of aromatic nitrogens is 2. The monoisotopic (exact) mass is 250 g/mol. The van der Waals surface area contributed by atoms with Crippen LogP contribution in [0.25, 0.3) is 0 Å². The van der Waals surface area contributed by atoms with Gasteiger partial charge < -0.3 is 4.74 Å². The van der Waals surface area contributed by atoms with Gasteiger partial charge in [-0.1, -0.05) is 23.7 Å². The molecule has 0 spiro atoms. The van der Waals surface area contributed by atoms with Crippen molar-refractivity contribution in [2.75, 3.05) is 6.61 Å². The number of rotatable bonds is 4. The molecular formula is C13H15ClN2O. The van der Waals surface area contributed by atoms with E-state index in [0.29, 0.717) is 11.6 Å². The van der Waals surface area contributed by atoms with Crippen molar-refractivity contribution in [3.8, 4) is 5.75 Å². The molecule has 2 rings (SSSR count). The topological polar surface area (TPSA) is 27.1 Å². The van der Waals surface area contributed by atoms with E-state index in [-0.39, 0.29) is 0 Å². The maximum atomic E-state index is 5.99. The van der Waals surface area contributed by atoms with Crippen LogP contribution in [0.3, 0.4) is 0 Å². The van der Waals surface area contributed by atoms with Crippen LogP contribution in [0.4, 0.5) is 0 Å². The van der Waals surface area contributed by atoms with Gasteiger partial charge in [0.1, 0.15) is 12.4 Å². The Morgan fingerprint density at radius 3 is 2.71 bits per heavy atom. The normalized spacial score (nSPS) is 10.5. The molecule has 0 aliphatic heterocycles. The summed E-state index contributed by atoms with van der Waals surface area (Å²) in [6.45, 7) is 5.31. The molecule has 0 atom stereocenters. The first kappa shape index (κ1) is 12.0. The lowest BCUT2D eigenvalue weighted by Crippen LogP contribution is -2.11. The van der Waals surface area contributed by atoms with Gasteiger partial charge in [-0.15, -0.1) is 0 Å². The second-order valence-electron chi connectivity index (χ2n) is 3.93. The molecule has 2 aromatic rings. The number of hydrogen-bond donors (Lipinski definition) is 0. The molecule has 3 nitrogen and oxygen atoms in total. The summed E-state index contributed by atoms with van der Waals surface area (Å²) in [5, 5.41) is 5.01. The smallest absolute Gasteiger partial charge is 0.137 e. The molecule has 0 radical (unpaired) electrons. The molecule has 0 aliphatic rings. The molecule has 0 bridgehead atoms. The summed E-state index contributed by atoms with van der Waals surface area (Å²) in [6.07, 6.45) is 0. The maximum absolute atomic E-state index is 5.99. The Morgan fingerprint density at radius 1 is 1.29 bits per heavy atom. The van der Waals surface area contributed by atoms with Gasteiger partial charge in [0.2, 0.25) is 0 Å². The minimum Gasteiger partial charge on any atom is -0.490 e. The Labute approximate surface area is 106 Å². The highest BCUT2D eigenvalue weighted by Crippen LogP contribution is 2.22. The predicted molar refractivity (Wildman–Crippen MR) is 68.6 cm³/mol. The van der Waals surface area contributed by atoms with E-state index in [2.05, 4.69) is 11.2 Å². The third-order valence-electron chi connectivity index (χ3n) is 2.50. The summed E-state index contributed by atoms with van der Waals surface area (Å²) >= 11 is 5.99. The summed E-state index contributed by atoms with van der Waals surface area (Å²) in [6, 6.07) is 9.53. The number of hydrogen-bond acceptors (Lipinski definition) is 2. The lowest BCUT2D eigenvalue weighted by molar-refractivity contribution is 0.290. The van der Waals surface area contributed by atoms with Crippen molar-refractivity contribution in [2.24, 2.45) is 0 Å². The third kappa shape index (κ3) is 3.01. The van der Waals surface area contributed by atoms with Crippen molar-refractivity contribution >= 4 is 11.6 Å². The van der Waals surface area contributed by atoms with Crippen molar-refractivity contribution in [1.29, 1.82) is 0 Å². The molecule has 0 saturated carbocycles. The molecule has 1 aromatic heterocycles. The first-order chi connectivity index (χ1) is 8.16. The van der Waals surface area contributed by atoms with Crippen molar-refractivity contribution in [3.63, 3.8) is 0 Å². The number of aryl methyl sites for hydroxylation is 2. The molecule has 0 fully saturated rings. The van der Waals surface area contributed by atoms with Crippen LogP contribution >= 0.6 is 11.6 Å². The van der Waals surface area contributed by atoms with Crippen LogP contribution in [-0.2, 0) is 6.54 Å². The van der Waals surface area contributed by atoms with E-state index in [9.17, 15) is 0 Å². The number of halogens is 1. The summed E-state index contributed by atoms with van der Waals surface area (Å²) in [4.78, 5) is 0. The van der Waals surface area contributed by atoms with Gasteiger partial charge in [-0.05, 0) is 32.0 Å². The van der Waals surface area contributed by atoms with Crippen LogP contribution in [0.15, 0.2) is 30.3 Å². The minimum absolute atomic E-state index is 0.561. The fourth-order valence-electron chi connectivity index (χ4n) is 1.71. The molecule has 0 N–H and O–H groups in total. The first-order valence-electron chi connectivity index (χ1n) is 5.55. The largest absolute Gasteiger partial charge is 0.490 e. The van der Waals surface area contributed by atoms with E-state index in [1.54, 1.807) is 0 Å². The van der Waals surface area contributed by atoms with Crippen LogP contribution in [0, 0.1) is 13.8 Å². The van der Waals surface area contributed by atoms with Gasteiger partial charge in [0.25, 0.3) is 0 Å². The fourth-order valence-corrected chi connectivity index (χ4v) is 1.90. The van der Waals surface area contributed by atoms with Crippen LogP contribution in [0.2, 0.25) is 5.02 Å². The highest BCUT2D eigenvalue weighted by Gasteiger charge is 2.02. The molecule has 1 heterocycles. The van der Waals surface area contributed by atoms with E-state index in [4.69, 9.17) is 16.3 Å². The van der Waals surface area contributed by atoms with Crippen molar-refractivity contribution < 1.29 is 4.74 Å². The van der Waals surface area contributed by atoms with Gasteiger partial charge >= 0.3 is 0 Å². The third-order valence-corrected chi connectivity index (χ3v) is 2.81. The fraction of sp³-hybridized carbons (Fsp3) is 0.308. The average Bonchev–Trinajstić information content (AvgIpc) is 2.60. The van der Waals surface area contributed by atoms with Gasteiger partial charge in [0.15, 0.2) is 0 Å². The lowest BCUT2D eigenvalue weighted by atomic mass is 10.3. The zero-order valence-corrected chi connectivity index (χ0v) is 10.7. The SMILES string of the molecule is Cc1cc(C)n(CCOc2ccccc2Cl)n1. The second kappa shape index (κ2) is 5.23. The summed E-state index contributed by atoms with van der Waals surface area (Å²) in [5.74, 6) is 0.718. The lowest BCUT2D eigenvalue weighted by Gasteiger charge is -2.08. The van der Waals surface area contributed by atoms with Crippen molar-refractivity contribution in [3.05, 3.63) is 46.7 Å². The standard InChI is InChI=1S/C13H15ClN2O/c1-10-9-11(2)16(15-10)7-8-17-13-6-4-3-5-12(13)14/h3-6,9H,7-8H2,1-2H3. The van der Waals surface area contributed by atoms with Crippen LogP contribution in [0.5, 0.6) is 5.75 Å². The van der Waals surface area contributed by atoms with Crippen molar-refractivity contribution in [2.45, 2.75) is 20.4 Å². The van der Waals surface area contributed by atoms with Crippen LogP contribution < -0.4 is 4.74 Å². The Balaban J connectivity index is 1.92. The average molecular weight is 251 g/mol. The van der Waals surface area contributed by atoms with Crippen molar-refractivity contribution in [1.82, 2.24) is 9.78 Å². The molecular weight excluding hydrogens is 236 g/mol. The molecule has 90 valence electrons. The first-order valence-corrected chi connectivity index (χ1v) is 5.93. The van der Waals surface area contributed by atoms with E-state index in [0.717, 1.165) is 23.7 Å². The number of para-hydroxylation sites is 1. The van der Waals surface area contributed by atoms with Gasteiger partial charge in [0.05, 0.1) is 17.3 Å². The number of benzene rings is 1. The zero-order chi connectivity index (χ0) is 12.3. The Hall–Kier alpha value is -1.48. The maximum Gasteiger partial charge on any atom is 0.137 e. The van der Waals surface area contributed by atoms with Gasteiger partial charge in [-0.3, -0.25) is 4.68 Å². The quantitative estimate of drug-likeness (QED) is 0.833. The van der Waals surface area contributed by atoms with Gasteiger partial charge in [-0.2, -0.15) is 5.10 Å². The summed E-state index contributed by atoms with van der Waals surface area (Å²) in [7, 11) is 0. The molecule has 4 heteroatoms. The van der Waals surface area contributed by atoms with E-state index in [1.807, 2.05) is 42.8 Å². The second-order valence-corrected chi connectivity index (χ2v) is 4.34. The Morgan fingerprint density at radius 2 is 2.06 bits per heavy atom. The van der Waals surface area contributed by atoms with Gasteiger partial charge in [-0.25, -0.2) is 0 Å². The Bertz CT molecular complexity index is 508. The van der Waals surface area contributed by atoms with E-state index in [1.165, 1.54) is 0 Å². The minimum atomic E-state index is 0.561. The highest BCUT2D eigenvalue weighted by atomic mass is 35.5. The van der Waals surface area contributed by atoms with Gasteiger partial charge in [0, 0.05) is 5.69 Å². The zero-order valence-electron chi connectivity index (χ0n) is 9.98. The van der Waals surface area contributed by atoms with Crippen LogP contribution in [0.1, 0.15) is 11.4 Å².